The van der Waals surface area contributed by atoms with Gasteiger partial charge in [-0.3, -0.25) is 4.79 Å². The van der Waals surface area contributed by atoms with E-state index in [1.165, 1.54) is 0 Å². The van der Waals surface area contributed by atoms with Crippen molar-refractivity contribution in [2.75, 3.05) is 7.11 Å². The zero-order valence-electron chi connectivity index (χ0n) is 13.3. The lowest BCUT2D eigenvalue weighted by Crippen LogP contribution is -2.05. The molecule has 0 radical (unpaired) electrons. The number of aryl methyl sites for hydroxylation is 1. The summed E-state index contributed by atoms with van der Waals surface area (Å²) in [6.07, 6.45) is 0. The summed E-state index contributed by atoms with van der Waals surface area (Å²) < 4.78 is 12.9. The molecule has 0 aliphatic carbocycles. The van der Waals surface area contributed by atoms with E-state index in [0.29, 0.717) is 29.0 Å². The van der Waals surface area contributed by atoms with Crippen molar-refractivity contribution < 1.29 is 9.15 Å². The Kier molecular flexibility index (Phi) is 3.30. The second-order valence-electron chi connectivity index (χ2n) is 5.59. The Morgan fingerprint density at radius 3 is 2.71 bits per heavy atom. The van der Waals surface area contributed by atoms with E-state index in [-0.39, 0.29) is 10.9 Å². The number of fused-ring (bicyclic) bond motifs is 2. The number of hydrogen-bond acceptors (Lipinski definition) is 5. The van der Waals surface area contributed by atoms with Crippen LogP contribution in [0.4, 0.5) is 0 Å². The summed E-state index contributed by atoms with van der Waals surface area (Å²) >= 11 is 0. The smallest absolute Gasteiger partial charge is 0.250 e. The van der Waals surface area contributed by atoms with Crippen molar-refractivity contribution in [1.29, 1.82) is 0 Å². The lowest BCUT2D eigenvalue weighted by Gasteiger charge is -2.07. The van der Waals surface area contributed by atoms with Gasteiger partial charge in [0.25, 0.3) is 0 Å². The van der Waals surface area contributed by atoms with E-state index in [4.69, 9.17) is 9.15 Å². The number of hydrogen-bond donors (Lipinski definition) is 0. The van der Waals surface area contributed by atoms with Gasteiger partial charge in [-0.2, -0.15) is 0 Å². The maximum atomic E-state index is 12.7. The summed E-state index contributed by atoms with van der Waals surface area (Å²) in [7, 11) is 1.59. The van der Waals surface area contributed by atoms with Crippen molar-refractivity contribution in [2.45, 2.75) is 13.5 Å². The Balaban J connectivity index is 1.96. The van der Waals surface area contributed by atoms with Crippen LogP contribution in [-0.4, -0.2) is 22.1 Å². The van der Waals surface area contributed by atoms with Crippen LogP contribution in [0.15, 0.2) is 51.7 Å². The van der Waals surface area contributed by atoms with Gasteiger partial charge < -0.3 is 9.15 Å². The molecule has 0 saturated carbocycles. The average Bonchev–Trinajstić information content (AvgIpc) is 3.00. The molecular weight excluding hydrogens is 306 g/mol. The normalized spacial score (nSPS) is 11.2. The van der Waals surface area contributed by atoms with Crippen molar-refractivity contribution in [2.24, 2.45) is 0 Å². The van der Waals surface area contributed by atoms with E-state index in [0.717, 1.165) is 11.1 Å². The number of nitrogens with zero attached hydrogens (tertiary/aromatic N) is 3. The highest BCUT2D eigenvalue weighted by Crippen LogP contribution is 2.27. The van der Waals surface area contributed by atoms with Gasteiger partial charge in [0.15, 0.2) is 5.52 Å². The van der Waals surface area contributed by atoms with Crippen LogP contribution in [0.3, 0.4) is 0 Å². The van der Waals surface area contributed by atoms with Crippen molar-refractivity contribution in [3.8, 4) is 5.75 Å². The Labute approximate surface area is 137 Å². The third-order valence-electron chi connectivity index (χ3n) is 4.10. The third kappa shape index (κ3) is 2.15. The van der Waals surface area contributed by atoms with Crippen LogP contribution in [0.25, 0.3) is 22.2 Å². The molecule has 0 unspecified atom stereocenters. The molecule has 4 rings (SSSR count). The van der Waals surface area contributed by atoms with E-state index in [2.05, 4.69) is 10.3 Å². The fourth-order valence-corrected chi connectivity index (χ4v) is 2.84. The fourth-order valence-electron chi connectivity index (χ4n) is 2.84. The monoisotopic (exact) mass is 321 g/mol. The first-order valence-electron chi connectivity index (χ1n) is 7.56. The summed E-state index contributed by atoms with van der Waals surface area (Å²) in [6, 6.07) is 13.3. The molecular formula is C18H15N3O3. The Hall–Kier alpha value is -3.15. The number of rotatable bonds is 3. The molecule has 0 bridgehead atoms. The second-order valence-corrected chi connectivity index (χ2v) is 5.59. The Morgan fingerprint density at radius 2 is 1.96 bits per heavy atom. The number of ether oxygens (including phenoxy) is 1. The summed E-state index contributed by atoms with van der Waals surface area (Å²) in [6.45, 7) is 2.34. The largest absolute Gasteiger partial charge is 0.496 e. The maximum Gasteiger partial charge on any atom is 0.250 e. The van der Waals surface area contributed by atoms with E-state index in [9.17, 15) is 4.79 Å². The molecule has 2 aromatic carbocycles. The van der Waals surface area contributed by atoms with Gasteiger partial charge in [-0.15, -0.1) is 5.10 Å². The lowest BCUT2D eigenvalue weighted by molar-refractivity contribution is 0.411. The second kappa shape index (κ2) is 5.49. The van der Waals surface area contributed by atoms with E-state index in [1.54, 1.807) is 23.9 Å². The van der Waals surface area contributed by atoms with Gasteiger partial charge in [-0.25, -0.2) is 4.68 Å². The predicted octanol–water partition coefficient (Wildman–Crippen LogP) is 2.90. The molecule has 6 heteroatoms. The molecule has 0 fully saturated rings. The van der Waals surface area contributed by atoms with Gasteiger partial charge in [0.2, 0.25) is 11.1 Å². The minimum atomic E-state index is -0.184. The molecule has 4 aromatic rings. The molecule has 2 heterocycles. The Bertz CT molecular complexity index is 1100. The molecule has 0 saturated heterocycles. The number of methoxy groups -OCH3 is 1. The van der Waals surface area contributed by atoms with Gasteiger partial charge >= 0.3 is 0 Å². The van der Waals surface area contributed by atoms with Crippen LogP contribution >= 0.6 is 0 Å². The van der Waals surface area contributed by atoms with E-state index in [1.807, 2.05) is 37.3 Å². The van der Waals surface area contributed by atoms with E-state index >= 15 is 0 Å². The summed E-state index contributed by atoms with van der Waals surface area (Å²) in [5.74, 6) is 0.673. The van der Waals surface area contributed by atoms with Crippen LogP contribution in [0.2, 0.25) is 0 Å². The Morgan fingerprint density at radius 1 is 1.17 bits per heavy atom. The molecule has 0 aliphatic rings. The zero-order chi connectivity index (χ0) is 16.7. The van der Waals surface area contributed by atoms with Crippen LogP contribution in [-0.2, 0) is 6.54 Å². The zero-order valence-corrected chi connectivity index (χ0v) is 13.3. The molecule has 2 aromatic heterocycles. The van der Waals surface area contributed by atoms with Gasteiger partial charge in [0.05, 0.1) is 19.0 Å². The van der Waals surface area contributed by atoms with Crippen LogP contribution < -0.4 is 10.2 Å². The fraction of sp³-hybridized carbons (Fsp3) is 0.167. The summed E-state index contributed by atoms with van der Waals surface area (Å²) in [5.41, 5.74) is 2.76. The highest BCUT2D eigenvalue weighted by atomic mass is 16.5. The van der Waals surface area contributed by atoms with Crippen molar-refractivity contribution in [3.05, 3.63) is 63.8 Å². The first-order valence-corrected chi connectivity index (χ1v) is 7.56. The van der Waals surface area contributed by atoms with E-state index < -0.39 is 0 Å². The van der Waals surface area contributed by atoms with Crippen LogP contribution in [0.5, 0.6) is 5.75 Å². The maximum absolute atomic E-state index is 12.7. The highest BCUT2D eigenvalue weighted by molar-refractivity contribution is 5.89. The summed E-state index contributed by atoms with van der Waals surface area (Å²) in [5, 5.41) is 8.58. The standard InChI is InChI=1S/C18H15N3O3/c1-11-14(23-2)9-8-13-16(22)15-18(24-17(11)13)21(20-19-15)10-12-6-4-3-5-7-12/h3-9H,10H2,1-2H3. The van der Waals surface area contributed by atoms with Crippen molar-refractivity contribution >= 4 is 22.2 Å². The molecule has 0 amide bonds. The van der Waals surface area contributed by atoms with Gasteiger partial charge in [0, 0.05) is 5.56 Å². The molecule has 0 atom stereocenters. The van der Waals surface area contributed by atoms with Crippen LogP contribution in [0.1, 0.15) is 11.1 Å². The van der Waals surface area contributed by atoms with Gasteiger partial charge in [-0.1, -0.05) is 35.5 Å². The topological polar surface area (TPSA) is 70.2 Å². The first kappa shape index (κ1) is 14.4. The first-order chi connectivity index (χ1) is 11.7. The van der Waals surface area contributed by atoms with Crippen molar-refractivity contribution in [3.63, 3.8) is 0 Å². The minimum Gasteiger partial charge on any atom is -0.496 e. The lowest BCUT2D eigenvalue weighted by atomic mass is 10.1. The van der Waals surface area contributed by atoms with Gasteiger partial charge in [-0.05, 0) is 24.6 Å². The SMILES string of the molecule is COc1ccc2c(=O)c3nnn(Cc4ccccc4)c3oc2c1C. The predicted molar refractivity (Wildman–Crippen MR) is 90.4 cm³/mol. The summed E-state index contributed by atoms with van der Waals surface area (Å²) in [4.78, 5) is 12.7. The quantitative estimate of drug-likeness (QED) is 0.580. The minimum absolute atomic E-state index is 0.184. The number of aromatic nitrogens is 3. The molecule has 0 N–H and O–H groups in total. The third-order valence-corrected chi connectivity index (χ3v) is 4.10. The molecule has 24 heavy (non-hydrogen) atoms. The van der Waals surface area contributed by atoms with Crippen LogP contribution in [0, 0.1) is 6.92 Å². The number of benzene rings is 2. The molecule has 120 valence electrons. The highest BCUT2D eigenvalue weighted by Gasteiger charge is 2.17. The molecule has 0 spiro atoms. The average molecular weight is 321 g/mol. The molecule has 6 nitrogen and oxygen atoms in total. The van der Waals surface area contributed by atoms with Gasteiger partial charge in [0.1, 0.15) is 11.3 Å². The van der Waals surface area contributed by atoms with Crippen molar-refractivity contribution in [1.82, 2.24) is 15.0 Å². The molecule has 0 aliphatic heterocycles.